The van der Waals surface area contributed by atoms with Gasteiger partial charge in [-0.05, 0) is 69.4 Å². The molecule has 1 atom stereocenters. The molecule has 0 N–H and O–H groups in total. The molecule has 0 aliphatic carbocycles. The van der Waals surface area contributed by atoms with E-state index in [9.17, 15) is 8.42 Å². The zero-order chi connectivity index (χ0) is 30.6. The molecule has 1 unspecified atom stereocenters. The number of nitrogens with zero attached hydrogens (tertiary/aromatic N) is 3. The van der Waals surface area contributed by atoms with Crippen LogP contribution in [0.25, 0.3) is 0 Å². The second-order valence-electron chi connectivity index (χ2n) is 14.0. The Hall–Kier alpha value is -1.62. The molecular weight excluding hydrogens is 594 g/mol. The van der Waals surface area contributed by atoms with Crippen LogP contribution in [0.15, 0.2) is 45.4 Å². The average Bonchev–Trinajstić information content (AvgIpc) is 3.60. The highest BCUT2D eigenvalue weighted by Crippen LogP contribution is 2.58. The topological polar surface area (TPSA) is 72.3 Å². The molecule has 0 amide bonds. The van der Waals surface area contributed by atoms with E-state index >= 15 is 4.39 Å². The molecule has 41 heavy (non-hydrogen) atoms. The fraction of sp³-hybridized carbons (Fsp3) is 0.581. The van der Waals surface area contributed by atoms with E-state index in [1.165, 1.54) is 21.4 Å². The van der Waals surface area contributed by atoms with Crippen molar-refractivity contribution in [1.82, 2.24) is 9.36 Å². The Bertz CT molecular complexity index is 1550. The minimum Gasteiger partial charge on any atom is -0.253 e. The minimum atomic E-state index is -3.50. The third kappa shape index (κ3) is 5.83. The number of hydrogen-bond acceptors (Lipinski definition) is 8. The molecule has 4 rings (SSSR count). The number of halogens is 1. The Kier molecular flexibility index (Phi) is 8.53. The monoisotopic (exact) mass is 635 g/mol. The summed E-state index contributed by atoms with van der Waals surface area (Å²) in [6, 6.07) is 4.32. The Morgan fingerprint density at radius 1 is 1.00 bits per heavy atom. The summed E-state index contributed by atoms with van der Waals surface area (Å²) in [7, 11) is -3.50. The first kappa shape index (κ1) is 32.3. The van der Waals surface area contributed by atoms with E-state index in [0.717, 1.165) is 30.2 Å². The van der Waals surface area contributed by atoms with E-state index in [-0.39, 0.29) is 21.1 Å². The fourth-order valence-corrected chi connectivity index (χ4v) is 9.95. The molecule has 10 heteroatoms. The van der Waals surface area contributed by atoms with Gasteiger partial charge < -0.3 is 0 Å². The van der Waals surface area contributed by atoms with E-state index in [0.29, 0.717) is 12.0 Å². The highest BCUT2D eigenvalue weighted by molar-refractivity contribution is 7.98. The lowest BCUT2D eigenvalue weighted by Crippen LogP contribution is -2.53. The van der Waals surface area contributed by atoms with Crippen molar-refractivity contribution in [1.29, 1.82) is 0 Å². The van der Waals surface area contributed by atoms with Gasteiger partial charge in [0.15, 0.2) is 9.84 Å². The molecule has 3 heterocycles. The van der Waals surface area contributed by atoms with Gasteiger partial charge in [-0.2, -0.15) is 0 Å². The molecule has 1 aliphatic heterocycles. The number of sulfone groups is 1. The summed E-state index contributed by atoms with van der Waals surface area (Å²) < 4.78 is 49.2. The van der Waals surface area contributed by atoms with Gasteiger partial charge in [0.2, 0.25) is 0 Å². The highest BCUT2D eigenvalue weighted by atomic mass is 32.2. The average molecular weight is 636 g/mol. The summed E-state index contributed by atoms with van der Waals surface area (Å²) in [5, 5.41) is 0. The SMILES string of the molecule is CC(C)(CC(C)(C)c1cnsc1CC1=NSCC1(C)C(C)(C)C(C)(C)c1ccc(S(C)(=O)=O)cc1F)c1cncs1. The zero-order valence-corrected chi connectivity index (χ0v) is 29.0. The summed E-state index contributed by atoms with van der Waals surface area (Å²) in [5.41, 5.74) is 3.23. The molecule has 2 aromatic heterocycles. The van der Waals surface area contributed by atoms with E-state index in [1.807, 2.05) is 17.9 Å². The van der Waals surface area contributed by atoms with Crippen molar-refractivity contribution in [3.8, 4) is 0 Å². The van der Waals surface area contributed by atoms with Crippen LogP contribution >= 0.6 is 34.8 Å². The normalized spacial score (nSPS) is 19.0. The minimum absolute atomic E-state index is 0.00361. The lowest BCUT2D eigenvalue weighted by Gasteiger charge is -2.52. The van der Waals surface area contributed by atoms with Crippen molar-refractivity contribution >= 4 is 50.4 Å². The number of thiazole rings is 1. The Morgan fingerprint density at radius 2 is 1.68 bits per heavy atom. The van der Waals surface area contributed by atoms with Gasteiger partial charge in [-0.15, -0.1) is 11.3 Å². The number of rotatable bonds is 10. The standard InChI is InChI=1S/C31H42FN3O2S4/c1-27(2,17-28(3,4)26-16-33-19-38-26)22-15-34-40-24(22)14-25-31(9,18-39-35-25)30(7,8)29(5,6)21-12-11-20(13-23(21)32)41(10,36)37/h11-13,15-16,19H,14,17-18H2,1-10H3. The van der Waals surface area contributed by atoms with Crippen LogP contribution in [0.4, 0.5) is 4.39 Å². The molecule has 3 aromatic rings. The summed E-state index contributed by atoms with van der Waals surface area (Å²) >= 11 is 4.82. The number of aromatic nitrogens is 2. The number of benzene rings is 1. The zero-order valence-electron chi connectivity index (χ0n) is 25.8. The number of hydrogen-bond donors (Lipinski definition) is 0. The molecule has 0 radical (unpaired) electrons. The largest absolute Gasteiger partial charge is 0.253 e. The summed E-state index contributed by atoms with van der Waals surface area (Å²) in [6.45, 7) is 19.9. The first-order valence-electron chi connectivity index (χ1n) is 13.8. The smallest absolute Gasteiger partial charge is 0.175 e. The van der Waals surface area contributed by atoms with Gasteiger partial charge in [0.1, 0.15) is 5.82 Å². The lowest BCUT2D eigenvalue weighted by atomic mass is 9.51. The van der Waals surface area contributed by atoms with Crippen LogP contribution in [0, 0.1) is 16.6 Å². The van der Waals surface area contributed by atoms with Gasteiger partial charge in [0.25, 0.3) is 0 Å². The second kappa shape index (κ2) is 10.8. The second-order valence-corrected chi connectivity index (χ2v) is 18.5. The van der Waals surface area contributed by atoms with E-state index in [2.05, 4.69) is 71.7 Å². The molecule has 0 saturated carbocycles. The van der Waals surface area contributed by atoms with Gasteiger partial charge in [-0.3, -0.25) is 4.98 Å². The van der Waals surface area contributed by atoms with Crippen molar-refractivity contribution in [2.75, 3.05) is 12.0 Å². The molecule has 1 aliphatic rings. The van der Waals surface area contributed by atoms with Crippen LogP contribution in [0.2, 0.25) is 0 Å². The Balaban J connectivity index is 1.65. The van der Waals surface area contributed by atoms with Crippen LogP contribution in [-0.2, 0) is 32.5 Å². The van der Waals surface area contributed by atoms with E-state index in [4.69, 9.17) is 4.40 Å². The van der Waals surface area contributed by atoms with Crippen LogP contribution in [-0.4, -0.2) is 35.5 Å². The van der Waals surface area contributed by atoms with Crippen molar-refractivity contribution in [3.05, 3.63) is 62.8 Å². The summed E-state index contributed by atoms with van der Waals surface area (Å²) in [6.07, 6.45) is 6.75. The Labute approximate surface area is 257 Å². The predicted octanol–water partition coefficient (Wildman–Crippen LogP) is 8.44. The maximum atomic E-state index is 15.5. The summed E-state index contributed by atoms with van der Waals surface area (Å²) in [4.78, 5) is 6.80. The molecular formula is C31H42FN3O2S4. The molecule has 0 spiro atoms. The van der Waals surface area contributed by atoms with E-state index < -0.39 is 26.5 Å². The van der Waals surface area contributed by atoms with Crippen LogP contribution < -0.4 is 0 Å². The molecule has 0 saturated heterocycles. The van der Waals surface area contributed by atoms with Crippen molar-refractivity contribution < 1.29 is 12.8 Å². The van der Waals surface area contributed by atoms with Gasteiger partial charge in [-0.25, -0.2) is 21.6 Å². The first-order chi connectivity index (χ1) is 18.7. The molecule has 0 fully saturated rings. The summed E-state index contributed by atoms with van der Waals surface area (Å²) in [5.74, 6) is 0.298. The molecule has 1 aromatic carbocycles. The predicted molar refractivity (Wildman–Crippen MR) is 173 cm³/mol. The third-order valence-electron chi connectivity index (χ3n) is 9.83. The highest BCUT2D eigenvalue weighted by Gasteiger charge is 2.56. The molecule has 0 bridgehead atoms. The van der Waals surface area contributed by atoms with Crippen molar-refractivity contribution in [3.63, 3.8) is 0 Å². The molecule has 224 valence electrons. The maximum Gasteiger partial charge on any atom is 0.175 e. The van der Waals surface area contributed by atoms with Gasteiger partial charge >= 0.3 is 0 Å². The van der Waals surface area contributed by atoms with Gasteiger partial charge in [-0.1, -0.05) is 68.4 Å². The van der Waals surface area contributed by atoms with E-state index in [1.54, 1.807) is 40.9 Å². The molecule has 5 nitrogen and oxygen atoms in total. The van der Waals surface area contributed by atoms with Crippen molar-refractivity contribution in [2.45, 2.75) is 96.3 Å². The van der Waals surface area contributed by atoms with Gasteiger partial charge in [0, 0.05) is 57.1 Å². The van der Waals surface area contributed by atoms with Crippen LogP contribution in [0.1, 0.15) is 89.6 Å². The van der Waals surface area contributed by atoms with Crippen molar-refractivity contribution in [2.24, 2.45) is 15.2 Å². The van der Waals surface area contributed by atoms with Crippen LogP contribution in [0.5, 0.6) is 0 Å². The Morgan fingerprint density at radius 3 is 2.27 bits per heavy atom. The van der Waals surface area contributed by atoms with Gasteiger partial charge in [0.05, 0.1) is 10.4 Å². The maximum absolute atomic E-state index is 15.5. The first-order valence-corrected chi connectivity index (χ1v) is 18.3. The fourth-order valence-electron chi connectivity index (χ4n) is 6.38. The lowest BCUT2D eigenvalue weighted by molar-refractivity contribution is 0.0852. The van der Waals surface area contributed by atoms with Crippen LogP contribution in [0.3, 0.4) is 0 Å². The third-order valence-corrected chi connectivity index (χ3v) is 13.9. The quantitative estimate of drug-likeness (QED) is 0.209.